The van der Waals surface area contributed by atoms with E-state index >= 15 is 0 Å². The first-order valence-corrected chi connectivity index (χ1v) is 12.9. The minimum atomic E-state index is 0.372. The van der Waals surface area contributed by atoms with Crippen LogP contribution >= 0.6 is 0 Å². The highest BCUT2D eigenvalue weighted by atomic mass is 16.5. The van der Waals surface area contributed by atoms with Crippen LogP contribution in [0.1, 0.15) is 60.1 Å². The number of aromatic nitrogens is 2. The molecular weight excluding hydrogens is 436 g/mol. The van der Waals surface area contributed by atoms with E-state index in [-0.39, 0.29) is 0 Å². The van der Waals surface area contributed by atoms with Gasteiger partial charge in [-0.2, -0.15) is 15.1 Å². The summed E-state index contributed by atoms with van der Waals surface area (Å²) in [5, 5.41) is 9.84. The third kappa shape index (κ3) is 10.3. The molecule has 35 heavy (non-hydrogen) atoms. The monoisotopic (exact) mass is 480 g/mol. The lowest BCUT2D eigenvalue weighted by atomic mass is 10.1. The van der Waals surface area contributed by atoms with Crippen molar-refractivity contribution in [1.82, 2.24) is 15.3 Å². The second-order valence-corrected chi connectivity index (χ2v) is 7.30. The van der Waals surface area contributed by atoms with Crippen molar-refractivity contribution in [2.24, 2.45) is 5.10 Å². The Bertz CT molecular complexity index is 986. The van der Waals surface area contributed by atoms with E-state index in [9.17, 15) is 0 Å². The number of rotatable bonds is 12. The predicted octanol–water partition coefficient (Wildman–Crippen LogP) is 6.35. The van der Waals surface area contributed by atoms with E-state index in [0.717, 1.165) is 44.0 Å². The Morgan fingerprint density at radius 3 is 2.26 bits per heavy atom. The SMILES string of the molecule is CC.CC.CCCN(CCC)c1cc(/C=N/Nc2ccc3ccccc3c2)nc(OCCNC)n1. The van der Waals surface area contributed by atoms with Gasteiger partial charge in [0.2, 0.25) is 0 Å². The Morgan fingerprint density at radius 2 is 1.60 bits per heavy atom. The van der Waals surface area contributed by atoms with Gasteiger partial charge in [-0.3, -0.25) is 5.43 Å². The first kappa shape index (κ1) is 29.8. The highest BCUT2D eigenvalue weighted by molar-refractivity contribution is 5.86. The first-order valence-electron chi connectivity index (χ1n) is 12.9. The van der Waals surface area contributed by atoms with Crippen molar-refractivity contribution in [3.05, 3.63) is 54.2 Å². The van der Waals surface area contributed by atoms with Crippen LogP contribution in [0, 0.1) is 0 Å². The molecule has 0 aliphatic rings. The summed E-state index contributed by atoms with van der Waals surface area (Å²) in [6, 6.07) is 16.8. The van der Waals surface area contributed by atoms with Crippen molar-refractivity contribution in [2.75, 3.05) is 43.6 Å². The first-order chi connectivity index (χ1) is 17.2. The zero-order valence-electron chi connectivity index (χ0n) is 22.6. The van der Waals surface area contributed by atoms with E-state index in [1.807, 2.05) is 59.0 Å². The lowest BCUT2D eigenvalue weighted by Gasteiger charge is -2.23. The summed E-state index contributed by atoms with van der Waals surface area (Å²) in [5.74, 6) is 0.866. The van der Waals surface area contributed by atoms with Crippen LogP contribution in [0.15, 0.2) is 53.6 Å². The summed E-state index contributed by atoms with van der Waals surface area (Å²) in [5.41, 5.74) is 4.73. The van der Waals surface area contributed by atoms with E-state index in [1.54, 1.807) is 6.21 Å². The van der Waals surface area contributed by atoms with Crippen molar-refractivity contribution in [3.63, 3.8) is 0 Å². The van der Waals surface area contributed by atoms with Crippen LogP contribution in [0.4, 0.5) is 11.5 Å². The van der Waals surface area contributed by atoms with Gasteiger partial charge < -0.3 is 15.0 Å². The predicted molar refractivity (Wildman–Crippen MR) is 152 cm³/mol. The molecule has 0 saturated heterocycles. The van der Waals surface area contributed by atoms with E-state index in [4.69, 9.17) is 4.74 Å². The maximum atomic E-state index is 5.75. The number of anilines is 2. The number of ether oxygens (including phenoxy) is 1. The average molecular weight is 481 g/mol. The van der Waals surface area contributed by atoms with Gasteiger partial charge >= 0.3 is 6.01 Å². The van der Waals surface area contributed by atoms with Crippen molar-refractivity contribution in [3.8, 4) is 6.01 Å². The Hall–Kier alpha value is -3.19. The fraction of sp³-hybridized carbons (Fsp3) is 0.464. The van der Waals surface area contributed by atoms with Crippen LogP contribution in [0.5, 0.6) is 6.01 Å². The lowest BCUT2D eigenvalue weighted by molar-refractivity contribution is 0.293. The number of fused-ring (bicyclic) bond motifs is 1. The molecule has 1 aromatic heterocycles. The molecule has 7 nitrogen and oxygen atoms in total. The van der Waals surface area contributed by atoms with Crippen LogP contribution in [-0.2, 0) is 0 Å². The Labute approximate surface area is 212 Å². The summed E-state index contributed by atoms with van der Waals surface area (Å²) >= 11 is 0. The van der Waals surface area contributed by atoms with Crippen LogP contribution in [0.3, 0.4) is 0 Å². The molecule has 0 aliphatic heterocycles. The van der Waals surface area contributed by atoms with E-state index in [2.05, 4.69) is 68.8 Å². The van der Waals surface area contributed by atoms with Gasteiger partial charge in [-0.05, 0) is 42.8 Å². The minimum Gasteiger partial charge on any atom is -0.462 e. The van der Waals surface area contributed by atoms with Crippen LogP contribution < -0.4 is 20.4 Å². The number of hydrogen-bond acceptors (Lipinski definition) is 7. The van der Waals surface area contributed by atoms with Crippen LogP contribution in [0.25, 0.3) is 10.8 Å². The fourth-order valence-electron chi connectivity index (χ4n) is 3.28. The maximum Gasteiger partial charge on any atom is 0.319 e. The van der Waals surface area contributed by atoms with Gasteiger partial charge in [-0.1, -0.05) is 71.9 Å². The summed E-state index contributed by atoms with van der Waals surface area (Å²) in [4.78, 5) is 11.4. The van der Waals surface area contributed by atoms with E-state index in [1.165, 1.54) is 10.8 Å². The zero-order chi connectivity index (χ0) is 25.9. The normalized spacial score (nSPS) is 10.3. The van der Waals surface area contributed by atoms with Crippen molar-refractivity contribution >= 4 is 28.5 Å². The average Bonchev–Trinajstić information content (AvgIpc) is 2.91. The molecule has 0 fully saturated rings. The number of benzene rings is 2. The minimum absolute atomic E-state index is 0.372. The second kappa shape index (κ2) is 18.2. The van der Waals surface area contributed by atoms with Gasteiger partial charge in [-0.15, -0.1) is 0 Å². The summed E-state index contributed by atoms with van der Waals surface area (Å²) in [6.07, 6.45) is 3.81. The lowest BCUT2D eigenvalue weighted by Crippen LogP contribution is -2.26. The molecule has 2 aromatic carbocycles. The van der Waals surface area contributed by atoms with Gasteiger partial charge in [0.05, 0.1) is 17.6 Å². The van der Waals surface area contributed by atoms with E-state index < -0.39 is 0 Å². The Kier molecular flexibility index (Phi) is 15.5. The van der Waals surface area contributed by atoms with Crippen LogP contribution in [-0.4, -0.2) is 49.5 Å². The molecule has 7 heteroatoms. The van der Waals surface area contributed by atoms with Crippen LogP contribution in [0.2, 0.25) is 0 Å². The topological polar surface area (TPSA) is 74.7 Å². The van der Waals surface area contributed by atoms with Gasteiger partial charge in [0.25, 0.3) is 0 Å². The number of likely N-dealkylation sites (N-methyl/N-ethyl adjacent to an activating group) is 1. The molecule has 0 radical (unpaired) electrons. The van der Waals surface area contributed by atoms with Gasteiger partial charge in [-0.25, -0.2) is 0 Å². The molecule has 3 rings (SSSR count). The van der Waals surface area contributed by atoms with Crippen molar-refractivity contribution in [1.29, 1.82) is 0 Å². The highest BCUT2D eigenvalue weighted by Crippen LogP contribution is 2.19. The fourth-order valence-corrected chi connectivity index (χ4v) is 3.28. The largest absolute Gasteiger partial charge is 0.462 e. The molecule has 0 spiro atoms. The Balaban J connectivity index is 0.00000145. The highest BCUT2D eigenvalue weighted by Gasteiger charge is 2.11. The molecule has 192 valence electrons. The number of hydrogen-bond donors (Lipinski definition) is 2. The maximum absolute atomic E-state index is 5.75. The number of nitrogens with zero attached hydrogens (tertiary/aromatic N) is 4. The molecule has 1 heterocycles. The van der Waals surface area contributed by atoms with Crippen molar-refractivity contribution < 1.29 is 4.74 Å². The summed E-state index contributed by atoms with van der Waals surface area (Å²) < 4.78 is 5.75. The zero-order valence-corrected chi connectivity index (χ0v) is 22.6. The van der Waals surface area contributed by atoms with Gasteiger partial charge in [0, 0.05) is 25.7 Å². The molecular formula is C28H44N6O. The quantitative estimate of drug-likeness (QED) is 0.179. The van der Waals surface area contributed by atoms with Crippen molar-refractivity contribution in [2.45, 2.75) is 54.4 Å². The molecule has 0 amide bonds. The summed E-state index contributed by atoms with van der Waals surface area (Å²) in [7, 11) is 1.89. The third-order valence-corrected chi connectivity index (χ3v) is 4.75. The molecule has 0 unspecified atom stereocenters. The molecule has 0 aliphatic carbocycles. The van der Waals surface area contributed by atoms with E-state index in [0.29, 0.717) is 18.3 Å². The third-order valence-electron chi connectivity index (χ3n) is 4.75. The molecule has 3 aromatic rings. The standard InChI is InChI=1S/C24H32N6O.2C2H6/c1-4-13-30(14-5-2)23-17-22(27-24(28-23)31-15-12-25-3)18-26-29-21-11-10-19-8-6-7-9-20(19)16-21;2*1-2/h6-11,16-18,25,29H,4-5,12-15H2,1-3H3;2*1-2H3/b26-18+;;. The Morgan fingerprint density at radius 1 is 0.914 bits per heavy atom. The molecule has 0 saturated carbocycles. The number of hydrazone groups is 1. The molecule has 2 N–H and O–H groups in total. The summed E-state index contributed by atoms with van der Waals surface area (Å²) in [6.45, 7) is 15.5. The second-order valence-electron chi connectivity index (χ2n) is 7.30. The van der Waals surface area contributed by atoms with Gasteiger partial charge in [0.1, 0.15) is 12.4 Å². The van der Waals surface area contributed by atoms with Gasteiger partial charge in [0.15, 0.2) is 0 Å². The number of nitrogens with one attached hydrogen (secondary N) is 2. The molecule has 0 bridgehead atoms. The molecule has 0 atom stereocenters. The smallest absolute Gasteiger partial charge is 0.319 e.